The van der Waals surface area contributed by atoms with Crippen molar-refractivity contribution in [3.63, 3.8) is 0 Å². The first kappa shape index (κ1) is 13.9. The number of rotatable bonds is 3. The molecule has 0 saturated heterocycles. The van der Waals surface area contributed by atoms with E-state index in [1.165, 1.54) is 0 Å². The molecule has 0 amide bonds. The summed E-state index contributed by atoms with van der Waals surface area (Å²) in [5.41, 5.74) is 6.70. The van der Waals surface area contributed by atoms with Crippen LogP contribution in [0.5, 0.6) is 0 Å². The maximum atomic E-state index is 13.5. The highest BCUT2D eigenvalue weighted by Gasteiger charge is 2.18. The molecule has 2 aromatic rings. The minimum Gasteiger partial charge on any atom is -0.396 e. The number of pyridine rings is 1. The number of hydrogen-bond acceptors (Lipinski definition) is 3. The summed E-state index contributed by atoms with van der Waals surface area (Å²) >= 11 is 11.7. The van der Waals surface area contributed by atoms with E-state index < -0.39 is 5.95 Å². The topological polar surface area (TPSA) is 42.2 Å². The number of halogens is 3. The third kappa shape index (κ3) is 2.91. The van der Waals surface area contributed by atoms with Crippen molar-refractivity contribution in [1.82, 2.24) is 4.98 Å². The van der Waals surface area contributed by atoms with Gasteiger partial charge < -0.3 is 10.6 Å². The van der Waals surface area contributed by atoms with Gasteiger partial charge in [-0.2, -0.15) is 9.37 Å². The summed E-state index contributed by atoms with van der Waals surface area (Å²) in [6, 6.07) is 9.69. The van der Waals surface area contributed by atoms with Crippen molar-refractivity contribution in [3.8, 4) is 0 Å². The molecule has 0 atom stereocenters. The van der Waals surface area contributed by atoms with E-state index >= 15 is 0 Å². The van der Waals surface area contributed by atoms with Crippen LogP contribution in [0.3, 0.4) is 0 Å². The van der Waals surface area contributed by atoms with Gasteiger partial charge in [0.05, 0.1) is 5.69 Å². The predicted molar refractivity (Wildman–Crippen MR) is 77.2 cm³/mol. The summed E-state index contributed by atoms with van der Waals surface area (Å²) in [5.74, 6) is -0.552. The van der Waals surface area contributed by atoms with Crippen LogP contribution in [0.15, 0.2) is 30.3 Å². The van der Waals surface area contributed by atoms with Gasteiger partial charge in [-0.15, -0.1) is 0 Å². The highest BCUT2D eigenvalue weighted by molar-refractivity contribution is 6.40. The zero-order chi connectivity index (χ0) is 14.0. The monoisotopic (exact) mass is 299 g/mol. The molecule has 1 aromatic carbocycles. The number of anilines is 2. The lowest BCUT2D eigenvalue weighted by Crippen LogP contribution is -2.19. The fourth-order valence-electron chi connectivity index (χ4n) is 1.70. The third-order valence-electron chi connectivity index (χ3n) is 2.68. The van der Waals surface area contributed by atoms with Crippen LogP contribution >= 0.6 is 23.2 Å². The molecule has 1 aromatic heterocycles. The summed E-state index contributed by atoms with van der Waals surface area (Å²) < 4.78 is 13.5. The summed E-state index contributed by atoms with van der Waals surface area (Å²) in [6.45, 7) is 0.536. The SMILES string of the molecule is CN(Cc1ccccc1)c1nc(F)c(Cl)c(N)c1Cl. The highest BCUT2D eigenvalue weighted by atomic mass is 35.5. The van der Waals surface area contributed by atoms with E-state index in [9.17, 15) is 4.39 Å². The smallest absolute Gasteiger partial charge is 0.235 e. The van der Waals surface area contributed by atoms with Gasteiger partial charge in [0, 0.05) is 13.6 Å². The molecule has 100 valence electrons. The van der Waals surface area contributed by atoms with Crippen molar-refractivity contribution in [2.45, 2.75) is 6.54 Å². The van der Waals surface area contributed by atoms with Gasteiger partial charge in [-0.3, -0.25) is 0 Å². The summed E-state index contributed by atoms with van der Waals surface area (Å²) in [7, 11) is 1.76. The normalized spacial score (nSPS) is 10.5. The van der Waals surface area contributed by atoms with Crippen LogP contribution < -0.4 is 10.6 Å². The quantitative estimate of drug-likeness (QED) is 0.878. The molecule has 0 fully saturated rings. The lowest BCUT2D eigenvalue weighted by molar-refractivity contribution is 0.583. The number of nitrogens with zero attached hydrogens (tertiary/aromatic N) is 2. The Kier molecular flexibility index (Phi) is 4.12. The summed E-state index contributed by atoms with van der Waals surface area (Å²) in [5, 5.41) is -0.0910. The Bertz CT molecular complexity index is 590. The Morgan fingerprint density at radius 1 is 1.21 bits per heavy atom. The molecule has 19 heavy (non-hydrogen) atoms. The fraction of sp³-hybridized carbons (Fsp3) is 0.154. The molecule has 0 bridgehead atoms. The van der Waals surface area contributed by atoms with E-state index in [1.54, 1.807) is 11.9 Å². The Labute approximate surface area is 120 Å². The van der Waals surface area contributed by atoms with Crippen LogP contribution in [0.4, 0.5) is 15.9 Å². The Morgan fingerprint density at radius 2 is 1.84 bits per heavy atom. The summed E-state index contributed by atoms with van der Waals surface area (Å²) in [4.78, 5) is 5.46. The largest absolute Gasteiger partial charge is 0.396 e. The molecule has 6 heteroatoms. The Balaban J connectivity index is 2.32. The van der Waals surface area contributed by atoms with Gasteiger partial charge in [0.25, 0.3) is 0 Å². The van der Waals surface area contributed by atoms with Gasteiger partial charge in [-0.05, 0) is 5.56 Å². The molecule has 2 rings (SSSR count). The number of hydrogen-bond donors (Lipinski definition) is 1. The van der Waals surface area contributed by atoms with E-state index in [0.29, 0.717) is 6.54 Å². The lowest BCUT2D eigenvalue weighted by Gasteiger charge is -2.20. The average Bonchev–Trinajstić information content (AvgIpc) is 2.41. The molecular weight excluding hydrogens is 288 g/mol. The Morgan fingerprint density at radius 3 is 2.47 bits per heavy atom. The second kappa shape index (κ2) is 5.63. The van der Waals surface area contributed by atoms with E-state index in [-0.39, 0.29) is 21.6 Å². The number of nitrogens with two attached hydrogens (primary N) is 1. The van der Waals surface area contributed by atoms with Crippen LogP contribution in [0, 0.1) is 5.95 Å². The van der Waals surface area contributed by atoms with Crippen LogP contribution in [0.1, 0.15) is 5.56 Å². The van der Waals surface area contributed by atoms with Crippen LogP contribution in [0.2, 0.25) is 10.0 Å². The van der Waals surface area contributed by atoms with Gasteiger partial charge in [-0.25, -0.2) is 0 Å². The first-order valence-corrected chi connectivity index (χ1v) is 6.31. The second-order valence-electron chi connectivity index (χ2n) is 4.11. The number of nitrogen functional groups attached to an aromatic ring is 1. The van der Waals surface area contributed by atoms with Crippen molar-refractivity contribution in [1.29, 1.82) is 0 Å². The zero-order valence-corrected chi connectivity index (χ0v) is 11.7. The second-order valence-corrected chi connectivity index (χ2v) is 4.87. The van der Waals surface area contributed by atoms with Gasteiger partial charge in [0.2, 0.25) is 5.95 Å². The van der Waals surface area contributed by atoms with Gasteiger partial charge in [0.15, 0.2) is 5.82 Å². The van der Waals surface area contributed by atoms with Gasteiger partial charge in [-0.1, -0.05) is 53.5 Å². The molecule has 0 aliphatic rings. The van der Waals surface area contributed by atoms with E-state index in [4.69, 9.17) is 28.9 Å². The van der Waals surface area contributed by atoms with Crippen molar-refractivity contribution >= 4 is 34.7 Å². The van der Waals surface area contributed by atoms with Crippen LogP contribution in [0.25, 0.3) is 0 Å². The minimum atomic E-state index is -0.821. The van der Waals surface area contributed by atoms with Crippen LogP contribution in [-0.2, 0) is 6.54 Å². The fourth-order valence-corrected chi connectivity index (χ4v) is 2.17. The van der Waals surface area contributed by atoms with Crippen LogP contribution in [-0.4, -0.2) is 12.0 Å². The molecule has 0 aliphatic carbocycles. The third-order valence-corrected chi connectivity index (χ3v) is 3.41. The van der Waals surface area contributed by atoms with Crippen molar-refractivity contribution in [3.05, 3.63) is 51.9 Å². The van der Waals surface area contributed by atoms with Crippen molar-refractivity contribution in [2.75, 3.05) is 17.7 Å². The number of benzene rings is 1. The molecule has 0 radical (unpaired) electrons. The maximum Gasteiger partial charge on any atom is 0.235 e. The standard InChI is InChI=1S/C13H12Cl2FN3/c1-19(7-8-5-3-2-4-6-8)13-10(15)11(17)9(14)12(16)18-13/h2-6H,7H2,1H3,(H2,17,18). The van der Waals surface area contributed by atoms with Gasteiger partial charge in [0.1, 0.15) is 10.0 Å². The first-order valence-electron chi connectivity index (χ1n) is 5.55. The summed E-state index contributed by atoms with van der Waals surface area (Å²) in [6.07, 6.45) is 0. The van der Waals surface area contributed by atoms with E-state index in [0.717, 1.165) is 5.56 Å². The molecule has 0 spiro atoms. The van der Waals surface area contributed by atoms with E-state index in [1.807, 2.05) is 30.3 Å². The van der Waals surface area contributed by atoms with Crippen molar-refractivity contribution < 1.29 is 4.39 Å². The van der Waals surface area contributed by atoms with Gasteiger partial charge >= 0.3 is 0 Å². The molecule has 2 N–H and O–H groups in total. The zero-order valence-electron chi connectivity index (χ0n) is 10.2. The van der Waals surface area contributed by atoms with Crippen molar-refractivity contribution in [2.24, 2.45) is 0 Å². The first-order chi connectivity index (χ1) is 9.00. The number of aromatic nitrogens is 1. The van der Waals surface area contributed by atoms with E-state index in [2.05, 4.69) is 4.98 Å². The highest BCUT2D eigenvalue weighted by Crippen LogP contribution is 2.35. The molecule has 3 nitrogen and oxygen atoms in total. The molecular formula is C13H12Cl2FN3. The molecule has 0 aliphatic heterocycles. The maximum absolute atomic E-state index is 13.5. The lowest BCUT2D eigenvalue weighted by atomic mass is 10.2. The minimum absolute atomic E-state index is 0.00532. The molecule has 1 heterocycles. The molecule has 0 saturated carbocycles. The predicted octanol–water partition coefficient (Wildman–Crippen LogP) is 3.75. The Hall–Kier alpha value is -1.52. The average molecular weight is 300 g/mol. The molecule has 0 unspecified atom stereocenters.